The first-order valence-electron chi connectivity index (χ1n) is 8.23. The van der Waals surface area contributed by atoms with Crippen molar-refractivity contribution in [1.82, 2.24) is 9.80 Å². The molecule has 1 saturated carbocycles. The van der Waals surface area contributed by atoms with Crippen LogP contribution in [0.4, 0.5) is 0 Å². The first kappa shape index (κ1) is 15.3. The summed E-state index contributed by atoms with van der Waals surface area (Å²) in [7, 11) is 1.81. The van der Waals surface area contributed by atoms with Gasteiger partial charge in [0.05, 0.1) is 0 Å². The minimum Gasteiger partial charge on any atom is -0.335 e. The van der Waals surface area contributed by atoms with Gasteiger partial charge in [-0.1, -0.05) is 26.2 Å². The minimum atomic E-state index is -0.294. The van der Waals surface area contributed by atoms with Gasteiger partial charge in [0.25, 0.3) is 0 Å². The number of hydrogen-bond donors (Lipinski definition) is 0. The van der Waals surface area contributed by atoms with Crippen LogP contribution in [0.1, 0.15) is 64.7 Å². The summed E-state index contributed by atoms with van der Waals surface area (Å²) in [6, 6.07) is 0.532. The number of piperidine rings is 1. The molecular weight excluding hydrogens is 252 g/mol. The van der Waals surface area contributed by atoms with Crippen molar-refractivity contribution in [2.24, 2.45) is 0 Å². The van der Waals surface area contributed by atoms with Crippen molar-refractivity contribution >= 4 is 11.8 Å². The Labute approximate surface area is 122 Å². The maximum absolute atomic E-state index is 12.5. The summed E-state index contributed by atoms with van der Waals surface area (Å²) in [4.78, 5) is 28.5. The molecule has 1 aliphatic heterocycles. The third-order valence-corrected chi connectivity index (χ3v) is 4.98. The van der Waals surface area contributed by atoms with E-state index in [1.165, 1.54) is 25.7 Å². The van der Waals surface area contributed by atoms with Crippen LogP contribution in [0.3, 0.4) is 0 Å². The molecule has 0 bridgehead atoms. The van der Waals surface area contributed by atoms with Crippen LogP contribution in [-0.4, -0.2) is 47.3 Å². The molecule has 114 valence electrons. The van der Waals surface area contributed by atoms with Crippen molar-refractivity contribution in [1.29, 1.82) is 0 Å². The van der Waals surface area contributed by atoms with Crippen molar-refractivity contribution < 1.29 is 9.59 Å². The van der Waals surface area contributed by atoms with E-state index in [-0.39, 0.29) is 23.9 Å². The fraction of sp³-hybridized carbons (Fsp3) is 0.875. The van der Waals surface area contributed by atoms with Gasteiger partial charge in [-0.3, -0.25) is 9.59 Å². The number of carbonyl (C=O) groups is 2. The smallest absolute Gasteiger partial charge is 0.312 e. The Bertz CT molecular complexity index is 350. The van der Waals surface area contributed by atoms with E-state index in [2.05, 4.69) is 6.92 Å². The number of likely N-dealkylation sites (tertiary alicyclic amines) is 1. The maximum Gasteiger partial charge on any atom is 0.312 e. The van der Waals surface area contributed by atoms with Gasteiger partial charge in [-0.25, -0.2) is 0 Å². The molecule has 2 rings (SSSR count). The second-order valence-corrected chi connectivity index (χ2v) is 6.26. The van der Waals surface area contributed by atoms with E-state index in [0.29, 0.717) is 0 Å². The van der Waals surface area contributed by atoms with Crippen LogP contribution in [0.2, 0.25) is 0 Å². The molecule has 20 heavy (non-hydrogen) atoms. The molecule has 0 aromatic rings. The van der Waals surface area contributed by atoms with Crippen molar-refractivity contribution in [3.8, 4) is 0 Å². The topological polar surface area (TPSA) is 40.6 Å². The highest BCUT2D eigenvalue weighted by molar-refractivity contribution is 6.35. The SMILES string of the molecule is CCC1CCCCN1C(=O)C(=O)N(C)C1CCCCC1. The number of nitrogens with zero attached hydrogens (tertiary/aromatic N) is 2. The van der Waals surface area contributed by atoms with Crippen molar-refractivity contribution in [2.75, 3.05) is 13.6 Å². The molecule has 0 N–H and O–H groups in total. The molecular formula is C16H28N2O2. The average molecular weight is 280 g/mol. The van der Waals surface area contributed by atoms with E-state index in [9.17, 15) is 9.59 Å². The first-order valence-corrected chi connectivity index (χ1v) is 8.23. The number of amides is 2. The molecule has 1 aliphatic carbocycles. The quantitative estimate of drug-likeness (QED) is 0.729. The Hall–Kier alpha value is -1.06. The normalized spacial score (nSPS) is 24.5. The lowest BCUT2D eigenvalue weighted by atomic mass is 9.94. The van der Waals surface area contributed by atoms with Crippen LogP contribution < -0.4 is 0 Å². The van der Waals surface area contributed by atoms with Crippen molar-refractivity contribution in [3.05, 3.63) is 0 Å². The monoisotopic (exact) mass is 280 g/mol. The third kappa shape index (κ3) is 3.33. The molecule has 0 aromatic carbocycles. The molecule has 1 saturated heterocycles. The van der Waals surface area contributed by atoms with Crippen LogP contribution in [0.5, 0.6) is 0 Å². The Balaban J connectivity index is 1.97. The van der Waals surface area contributed by atoms with Gasteiger partial charge in [0.15, 0.2) is 0 Å². The molecule has 0 radical (unpaired) electrons. The van der Waals surface area contributed by atoms with Crippen LogP contribution in [0.15, 0.2) is 0 Å². The molecule has 0 aromatic heterocycles. The van der Waals surface area contributed by atoms with Gasteiger partial charge in [0, 0.05) is 25.7 Å². The minimum absolute atomic E-state index is 0.264. The lowest BCUT2D eigenvalue weighted by Gasteiger charge is -2.37. The molecule has 2 fully saturated rings. The van der Waals surface area contributed by atoms with Gasteiger partial charge in [-0.2, -0.15) is 0 Å². The van der Waals surface area contributed by atoms with E-state index >= 15 is 0 Å². The molecule has 1 atom stereocenters. The lowest BCUT2D eigenvalue weighted by molar-refractivity contribution is -0.154. The zero-order valence-electron chi connectivity index (χ0n) is 12.9. The number of hydrogen-bond acceptors (Lipinski definition) is 2. The summed E-state index contributed by atoms with van der Waals surface area (Å²) in [6.07, 6.45) is 9.91. The van der Waals surface area contributed by atoms with Gasteiger partial charge in [0.2, 0.25) is 0 Å². The summed E-state index contributed by atoms with van der Waals surface area (Å²) in [5.74, 6) is -0.568. The molecule has 0 spiro atoms. The Morgan fingerprint density at radius 2 is 1.70 bits per heavy atom. The summed E-state index contributed by atoms with van der Waals surface area (Å²) >= 11 is 0. The fourth-order valence-electron chi connectivity index (χ4n) is 3.60. The molecule has 4 heteroatoms. The van der Waals surface area contributed by atoms with Crippen molar-refractivity contribution in [3.63, 3.8) is 0 Å². The Morgan fingerprint density at radius 3 is 2.35 bits per heavy atom. The zero-order chi connectivity index (χ0) is 14.5. The number of likely N-dealkylation sites (N-methyl/N-ethyl adjacent to an activating group) is 1. The van der Waals surface area contributed by atoms with E-state index in [1.54, 1.807) is 11.9 Å². The zero-order valence-corrected chi connectivity index (χ0v) is 12.9. The lowest BCUT2D eigenvalue weighted by Crippen LogP contribution is -2.52. The van der Waals surface area contributed by atoms with Gasteiger partial charge in [-0.05, 0) is 38.5 Å². The van der Waals surface area contributed by atoms with Gasteiger partial charge >= 0.3 is 11.8 Å². The third-order valence-electron chi connectivity index (χ3n) is 4.98. The predicted octanol–water partition coefficient (Wildman–Crippen LogP) is 2.57. The van der Waals surface area contributed by atoms with Crippen LogP contribution >= 0.6 is 0 Å². The van der Waals surface area contributed by atoms with Crippen LogP contribution in [0, 0.1) is 0 Å². The van der Waals surface area contributed by atoms with E-state index in [4.69, 9.17) is 0 Å². The molecule has 2 amide bonds. The Morgan fingerprint density at radius 1 is 1.05 bits per heavy atom. The fourth-order valence-corrected chi connectivity index (χ4v) is 3.60. The highest BCUT2D eigenvalue weighted by Crippen LogP contribution is 2.23. The summed E-state index contributed by atoms with van der Waals surface area (Å²) in [6.45, 7) is 2.85. The summed E-state index contributed by atoms with van der Waals surface area (Å²) in [5.41, 5.74) is 0. The van der Waals surface area contributed by atoms with Crippen molar-refractivity contribution in [2.45, 2.75) is 76.8 Å². The second kappa shape index (κ2) is 7.09. The van der Waals surface area contributed by atoms with E-state index < -0.39 is 0 Å². The second-order valence-electron chi connectivity index (χ2n) is 6.26. The predicted molar refractivity (Wildman–Crippen MR) is 79.3 cm³/mol. The first-order chi connectivity index (χ1) is 9.65. The average Bonchev–Trinajstić information content (AvgIpc) is 2.53. The maximum atomic E-state index is 12.5. The van der Waals surface area contributed by atoms with E-state index in [1.807, 2.05) is 4.90 Å². The summed E-state index contributed by atoms with van der Waals surface area (Å²) < 4.78 is 0. The standard InChI is InChI=1S/C16H28N2O2/c1-3-13-9-7-8-12-18(13)16(20)15(19)17(2)14-10-5-4-6-11-14/h13-14H,3-12H2,1-2H3. The molecule has 1 heterocycles. The van der Waals surface area contributed by atoms with Gasteiger partial charge < -0.3 is 9.80 Å². The highest BCUT2D eigenvalue weighted by Gasteiger charge is 2.33. The highest BCUT2D eigenvalue weighted by atomic mass is 16.2. The Kier molecular flexibility index (Phi) is 5.44. The van der Waals surface area contributed by atoms with Crippen LogP contribution in [0.25, 0.3) is 0 Å². The largest absolute Gasteiger partial charge is 0.335 e. The van der Waals surface area contributed by atoms with Gasteiger partial charge in [0.1, 0.15) is 0 Å². The van der Waals surface area contributed by atoms with E-state index in [0.717, 1.165) is 38.6 Å². The number of rotatable bonds is 2. The molecule has 4 nitrogen and oxygen atoms in total. The molecule has 2 aliphatic rings. The van der Waals surface area contributed by atoms with Gasteiger partial charge in [-0.15, -0.1) is 0 Å². The number of carbonyl (C=O) groups excluding carboxylic acids is 2. The molecule has 1 unspecified atom stereocenters. The van der Waals surface area contributed by atoms with Crippen LogP contribution in [-0.2, 0) is 9.59 Å². The summed E-state index contributed by atoms with van der Waals surface area (Å²) in [5, 5.41) is 0.